The number of benzene rings is 9. The van der Waals surface area contributed by atoms with Crippen LogP contribution in [0.15, 0.2) is 218 Å². The topological polar surface area (TPSA) is 87.2 Å². The van der Waals surface area contributed by atoms with Crippen LogP contribution in [0.5, 0.6) is 0 Å². The van der Waals surface area contributed by atoms with E-state index in [0.717, 1.165) is 87.9 Å². The largest absolute Gasteiger partial charge is 0.306 e. The Kier molecular flexibility index (Phi) is 8.67. The molecule has 13 aromatic rings. The first-order chi connectivity index (χ1) is 32.7. The molecule has 0 radical (unpaired) electrons. The molecule has 0 saturated carbocycles. The second kappa shape index (κ2) is 15.3. The Morgan fingerprint density at radius 2 is 0.667 bits per heavy atom. The average Bonchev–Trinajstić information content (AvgIpc) is 3.92. The number of aromatic nitrogens is 8. The summed E-state index contributed by atoms with van der Waals surface area (Å²) in [4.78, 5) is 31.5. The van der Waals surface area contributed by atoms with Crippen LogP contribution in [0, 0.1) is 0 Å². The summed E-state index contributed by atoms with van der Waals surface area (Å²) in [5.74, 6) is 3.48. The molecule has 0 aliphatic heterocycles. The van der Waals surface area contributed by atoms with Crippen molar-refractivity contribution in [2.24, 2.45) is 0 Å². The van der Waals surface area contributed by atoms with Gasteiger partial charge in [-0.25, -0.2) is 19.9 Å². The summed E-state index contributed by atoms with van der Waals surface area (Å²) in [6.45, 7) is 0. The summed E-state index contributed by atoms with van der Waals surface area (Å²) in [7, 11) is 0. The first-order valence-electron chi connectivity index (χ1n) is 22.0. The smallest absolute Gasteiger partial charge is 0.238 e. The molecule has 0 aliphatic carbocycles. The lowest BCUT2D eigenvalue weighted by Crippen LogP contribution is -2.07. The van der Waals surface area contributed by atoms with Gasteiger partial charge in [0.25, 0.3) is 0 Å². The van der Waals surface area contributed by atoms with E-state index in [0.29, 0.717) is 35.1 Å². The fourth-order valence-corrected chi connectivity index (χ4v) is 9.47. The van der Waals surface area contributed by atoms with Crippen molar-refractivity contribution in [3.8, 4) is 68.6 Å². The van der Waals surface area contributed by atoms with Crippen molar-refractivity contribution in [3.05, 3.63) is 218 Å². The van der Waals surface area contributed by atoms with E-state index in [1.807, 2.05) is 91.0 Å². The molecule has 0 amide bonds. The minimum atomic E-state index is 0.524. The summed E-state index contributed by atoms with van der Waals surface area (Å²) in [5, 5.41) is 6.57. The van der Waals surface area contributed by atoms with Crippen molar-refractivity contribution in [3.63, 3.8) is 0 Å². The molecule has 0 N–H and O–H groups in total. The van der Waals surface area contributed by atoms with Gasteiger partial charge in [0.15, 0.2) is 29.1 Å². The highest BCUT2D eigenvalue weighted by atomic mass is 15.2. The number of rotatable bonds is 7. The summed E-state index contributed by atoms with van der Waals surface area (Å²) in [5.41, 5.74) is 9.45. The van der Waals surface area contributed by atoms with Gasteiger partial charge < -0.3 is 4.57 Å². The van der Waals surface area contributed by atoms with E-state index in [2.05, 4.69) is 137 Å². The lowest BCUT2D eigenvalue weighted by atomic mass is 10.0. The Morgan fingerprint density at radius 1 is 0.258 bits per heavy atom. The average molecular weight is 845 g/mol. The maximum Gasteiger partial charge on any atom is 0.238 e. The molecule has 0 aliphatic rings. The molecule has 0 fully saturated rings. The minimum Gasteiger partial charge on any atom is -0.306 e. The maximum atomic E-state index is 5.35. The molecule has 308 valence electrons. The Bertz CT molecular complexity index is 3930. The maximum absolute atomic E-state index is 5.35. The van der Waals surface area contributed by atoms with E-state index >= 15 is 0 Å². The van der Waals surface area contributed by atoms with Gasteiger partial charge in [-0.15, -0.1) is 0 Å². The lowest BCUT2D eigenvalue weighted by Gasteiger charge is -2.16. The standard InChI is InChI=1S/C58H36N8/c1-4-20-38(21-5-1)53-60-56(46-31-18-26-37-19-10-11-27-41(37)46)62-57(61-53)47-30-14-17-34-50(47)65-48-32-15-12-28-42(48)44-35-36-45-43-29-13-16-33-49(43)66(52(45)51(44)65)58-63-54(39-22-6-2-7-23-39)59-55(64-58)40-24-8-3-9-25-40/h1-36H. The Morgan fingerprint density at radius 3 is 1.29 bits per heavy atom. The Labute approximate surface area is 378 Å². The van der Waals surface area contributed by atoms with Crippen LogP contribution in [0.4, 0.5) is 0 Å². The van der Waals surface area contributed by atoms with Crippen molar-refractivity contribution in [1.82, 2.24) is 39.0 Å². The second-order valence-corrected chi connectivity index (χ2v) is 16.3. The molecule has 9 aromatic carbocycles. The number of hydrogen-bond donors (Lipinski definition) is 0. The van der Waals surface area contributed by atoms with Gasteiger partial charge in [0, 0.05) is 49.4 Å². The Balaban J connectivity index is 1.13. The van der Waals surface area contributed by atoms with E-state index < -0.39 is 0 Å². The van der Waals surface area contributed by atoms with Gasteiger partial charge in [0.2, 0.25) is 5.95 Å². The van der Waals surface area contributed by atoms with Crippen LogP contribution in [0.25, 0.3) is 123 Å². The number of para-hydroxylation sites is 3. The molecule has 0 bridgehead atoms. The van der Waals surface area contributed by atoms with Gasteiger partial charge in [-0.05, 0) is 35.0 Å². The zero-order valence-electron chi connectivity index (χ0n) is 35.4. The van der Waals surface area contributed by atoms with Crippen LogP contribution in [0.3, 0.4) is 0 Å². The van der Waals surface area contributed by atoms with Crippen LogP contribution in [-0.4, -0.2) is 39.0 Å². The van der Waals surface area contributed by atoms with Gasteiger partial charge in [-0.3, -0.25) is 4.57 Å². The fourth-order valence-electron chi connectivity index (χ4n) is 9.47. The molecule has 0 atom stereocenters. The van der Waals surface area contributed by atoms with Crippen molar-refractivity contribution in [2.45, 2.75) is 0 Å². The highest BCUT2D eigenvalue weighted by Crippen LogP contribution is 2.43. The summed E-state index contributed by atoms with van der Waals surface area (Å²) in [6.07, 6.45) is 0. The normalized spacial score (nSPS) is 11.6. The predicted molar refractivity (Wildman–Crippen MR) is 267 cm³/mol. The van der Waals surface area contributed by atoms with Crippen molar-refractivity contribution < 1.29 is 0 Å². The third-order valence-corrected chi connectivity index (χ3v) is 12.4. The van der Waals surface area contributed by atoms with Crippen molar-refractivity contribution >= 4 is 54.4 Å². The number of fused-ring (bicyclic) bond motifs is 8. The second-order valence-electron chi connectivity index (χ2n) is 16.3. The van der Waals surface area contributed by atoms with Crippen LogP contribution < -0.4 is 0 Å². The molecule has 4 heterocycles. The van der Waals surface area contributed by atoms with E-state index in [1.165, 1.54) is 0 Å². The summed E-state index contributed by atoms with van der Waals surface area (Å²) >= 11 is 0. The van der Waals surface area contributed by atoms with E-state index in [-0.39, 0.29) is 0 Å². The SMILES string of the molecule is c1ccc(-c2nc(-c3ccccc3-n3c4ccccc4c4ccc5c6ccccc6n(-c6nc(-c7ccccc7)nc(-c7ccccc7)n6)c5c43)nc(-c3cccc4ccccc34)n2)cc1. The Hall–Kier alpha value is -9.14. The number of nitrogens with zero attached hydrogens (tertiary/aromatic N) is 8. The lowest BCUT2D eigenvalue weighted by molar-refractivity contribution is 0.953. The summed E-state index contributed by atoms with van der Waals surface area (Å²) in [6, 6.07) is 75.1. The molecule has 8 nitrogen and oxygen atoms in total. The first kappa shape index (κ1) is 37.4. The minimum absolute atomic E-state index is 0.524. The zero-order valence-corrected chi connectivity index (χ0v) is 35.4. The first-order valence-corrected chi connectivity index (χ1v) is 22.0. The zero-order chi connectivity index (χ0) is 43.6. The van der Waals surface area contributed by atoms with Crippen LogP contribution in [-0.2, 0) is 0 Å². The highest BCUT2D eigenvalue weighted by Gasteiger charge is 2.25. The summed E-state index contributed by atoms with van der Waals surface area (Å²) < 4.78 is 4.60. The quantitative estimate of drug-likeness (QED) is 0.159. The van der Waals surface area contributed by atoms with Gasteiger partial charge in [-0.2, -0.15) is 9.97 Å². The molecule has 0 spiro atoms. The van der Waals surface area contributed by atoms with Crippen molar-refractivity contribution in [1.29, 1.82) is 0 Å². The molecule has 66 heavy (non-hydrogen) atoms. The van der Waals surface area contributed by atoms with Crippen LogP contribution in [0.2, 0.25) is 0 Å². The van der Waals surface area contributed by atoms with Gasteiger partial charge in [0.1, 0.15) is 0 Å². The molecule has 13 rings (SSSR count). The van der Waals surface area contributed by atoms with Crippen molar-refractivity contribution in [2.75, 3.05) is 0 Å². The molecule has 0 unspecified atom stereocenters. The van der Waals surface area contributed by atoms with Gasteiger partial charge in [-0.1, -0.05) is 194 Å². The van der Waals surface area contributed by atoms with Crippen LogP contribution in [0.1, 0.15) is 0 Å². The molecular formula is C58H36N8. The monoisotopic (exact) mass is 844 g/mol. The van der Waals surface area contributed by atoms with E-state index in [1.54, 1.807) is 0 Å². The molecular weight excluding hydrogens is 809 g/mol. The fraction of sp³-hybridized carbons (Fsp3) is 0. The third-order valence-electron chi connectivity index (χ3n) is 12.4. The van der Waals surface area contributed by atoms with Gasteiger partial charge >= 0.3 is 0 Å². The highest BCUT2D eigenvalue weighted by molar-refractivity contribution is 6.24. The van der Waals surface area contributed by atoms with E-state index in [9.17, 15) is 0 Å². The predicted octanol–water partition coefficient (Wildman–Crippen LogP) is 13.7. The molecule has 0 saturated heterocycles. The van der Waals surface area contributed by atoms with E-state index in [4.69, 9.17) is 29.9 Å². The number of hydrogen-bond acceptors (Lipinski definition) is 6. The molecule has 8 heteroatoms. The molecule has 4 aromatic heterocycles. The third kappa shape index (κ3) is 6.07. The van der Waals surface area contributed by atoms with Crippen LogP contribution >= 0.6 is 0 Å². The van der Waals surface area contributed by atoms with Gasteiger partial charge in [0.05, 0.1) is 27.8 Å².